The zero-order valence-corrected chi connectivity index (χ0v) is 11.5. The van der Waals surface area contributed by atoms with Crippen molar-refractivity contribution >= 4 is 22.3 Å². The third kappa shape index (κ3) is 10.2. The summed E-state index contributed by atoms with van der Waals surface area (Å²) in [5.41, 5.74) is -0.295. The Hall–Kier alpha value is -0.0900. The van der Waals surface area contributed by atoms with E-state index in [4.69, 9.17) is 4.84 Å². The molecule has 0 aliphatic carbocycles. The number of hydroxylamine groups is 2. The van der Waals surface area contributed by atoms with Gasteiger partial charge in [0.25, 0.3) is 0 Å². The number of amides is 1. The second-order valence-electron chi connectivity index (χ2n) is 4.55. The fraction of sp³-hybridized carbons (Fsp3) is 0.909. The Balaban J connectivity index is 3.58. The first-order chi connectivity index (χ1) is 6.99. The molecule has 0 bridgehead atoms. The van der Waals surface area contributed by atoms with Crippen LogP contribution < -0.4 is 0 Å². The van der Waals surface area contributed by atoms with Crippen molar-refractivity contribution in [2.24, 2.45) is 0 Å². The summed E-state index contributed by atoms with van der Waals surface area (Å²) in [6.07, 6.45) is 5.30. The van der Waals surface area contributed by atoms with E-state index in [0.717, 1.165) is 24.6 Å². The van der Waals surface area contributed by atoms with E-state index in [-0.39, 0.29) is 5.60 Å². The number of hydrogen-bond acceptors (Lipinski definition) is 2. The topological polar surface area (TPSA) is 29.5 Å². The number of nitrogens with zero attached hydrogens (tertiary/aromatic N) is 1. The average Bonchev–Trinajstić information content (AvgIpc) is 2.14. The van der Waals surface area contributed by atoms with Crippen LogP contribution in [-0.4, -0.2) is 28.9 Å². The standard InChI is InChI=1S/C11H22BrNO2/c1-11(2,3)15-13(10-14)9-7-5-4-6-8-12/h10H,4-9H2,1-3H3. The maximum absolute atomic E-state index is 10.7. The van der Waals surface area contributed by atoms with Gasteiger partial charge in [-0.1, -0.05) is 28.8 Å². The largest absolute Gasteiger partial charge is 0.276 e. The minimum atomic E-state index is -0.295. The van der Waals surface area contributed by atoms with Crippen molar-refractivity contribution in [1.82, 2.24) is 5.06 Å². The van der Waals surface area contributed by atoms with Gasteiger partial charge >= 0.3 is 0 Å². The smallest absolute Gasteiger partial charge is 0.233 e. The van der Waals surface area contributed by atoms with Crippen LogP contribution in [0.3, 0.4) is 0 Å². The zero-order valence-electron chi connectivity index (χ0n) is 9.96. The lowest BCUT2D eigenvalue weighted by Gasteiger charge is -2.26. The van der Waals surface area contributed by atoms with Gasteiger partial charge in [-0.25, -0.2) is 5.06 Å². The van der Waals surface area contributed by atoms with E-state index in [1.165, 1.54) is 17.9 Å². The summed E-state index contributed by atoms with van der Waals surface area (Å²) < 4.78 is 0. The molecule has 0 rings (SSSR count). The van der Waals surface area contributed by atoms with E-state index in [2.05, 4.69) is 15.9 Å². The van der Waals surface area contributed by atoms with Crippen molar-refractivity contribution in [1.29, 1.82) is 0 Å². The summed E-state index contributed by atoms with van der Waals surface area (Å²) in [5, 5.41) is 2.46. The predicted molar refractivity (Wildman–Crippen MR) is 65.9 cm³/mol. The molecular formula is C11H22BrNO2. The Morgan fingerprint density at radius 2 is 1.80 bits per heavy atom. The molecule has 4 heteroatoms. The van der Waals surface area contributed by atoms with Gasteiger partial charge in [-0.3, -0.25) is 9.63 Å². The van der Waals surface area contributed by atoms with Crippen LogP contribution in [0.5, 0.6) is 0 Å². The minimum absolute atomic E-state index is 0.295. The predicted octanol–water partition coefficient (Wildman–Crippen LogP) is 3.13. The van der Waals surface area contributed by atoms with Crippen LogP contribution >= 0.6 is 15.9 Å². The molecule has 3 nitrogen and oxygen atoms in total. The molecule has 90 valence electrons. The van der Waals surface area contributed by atoms with Crippen molar-refractivity contribution in [3.05, 3.63) is 0 Å². The van der Waals surface area contributed by atoms with Crippen molar-refractivity contribution in [3.63, 3.8) is 0 Å². The quantitative estimate of drug-likeness (QED) is 0.296. The summed E-state index contributed by atoms with van der Waals surface area (Å²) in [5.74, 6) is 0. The molecule has 0 aliphatic rings. The van der Waals surface area contributed by atoms with Crippen LogP contribution in [0.4, 0.5) is 0 Å². The van der Waals surface area contributed by atoms with Crippen molar-refractivity contribution < 1.29 is 9.63 Å². The Labute approximate surface area is 101 Å². The van der Waals surface area contributed by atoms with Gasteiger partial charge in [-0.2, -0.15) is 0 Å². The highest BCUT2D eigenvalue weighted by Crippen LogP contribution is 2.10. The maximum atomic E-state index is 10.7. The normalized spacial score (nSPS) is 11.5. The Bertz CT molecular complexity index is 168. The van der Waals surface area contributed by atoms with Gasteiger partial charge in [0, 0.05) is 11.9 Å². The molecule has 0 aromatic carbocycles. The van der Waals surface area contributed by atoms with Gasteiger partial charge in [0.15, 0.2) is 0 Å². The fourth-order valence-corrected chi connectivity index (χ4v) is 1.58. The molecule has 0 saturated heterocycles. The highest BCUT2D eigenvalue weighted by atomic mass is 79.9. The summed E-state index contributed by atoms with van der Waals surface area (Å²) in [4.78, 5) is 16.1. The van der Waals surface area contributed by atoms with Gasteiger partial charge < -0.3 is 0 Å². The molecule has 0 aromatic rings. The third-order valence-corrected chi connectivity index (χ3v) is 2.33. The maximum Gasteiger partial charge on any atom is 0.233 e. The van der Waals surface area contributed by atoms with E-state index in [0.29, 0.717) is 6.54 Å². The molecule has 0 aromatic heterocycles. The van der Waals surface area contributed by atoms with Gasteiger partial charge in [-0.15, -0.1) is 0 Å². The average molecular weight is 280 g/mol. The van der Waals surface area contributed by atoms with Gasteiger partial charge in [0.2, 0.25) is 6.41 Å². The van der Waals surface area contributed by atoms with Crippen molar-refractivity contribution in [2.45, 2.75) is 52.1 Å². The monoisotopic (exact) mass is 279 g/mol. The van der Waals surface area contributed by atoms with Crippen LogP contribution in [0.1, 0.15) is 46.5 Å². The lowest BCUT2D eigenvalue weighted by atomic mass is 10.2. The molecule has 0 aliphatic heterocycles. The van der Waals surface area contributed by atoms with E-state index in [1.54, 1.807) is 0 Å². The number of carbonyl (C=O) groups excluding carboxylic acids is 1. The minimum Gasteiger partial charge on any atom is -0.276 e. The Morgan fingerprint density at radius 1 is 1.20 bits per heavy atom. The van der Waals surface area contributed by atoms with E-state index < -0.39 is 0 Å². The number of rotatable bonds is 8. The summed E-state index contributed by atoms with van der Waals surface area (Å²) in [6.45, 7) is 6.50. The fourth-order valence-electron chi connectivity index (χ4n) is 1.19. The summed E-state index contributed by atoms with van der Waals surface area (Å²) >= 11 is 3.39. The summed E-state index contributed by atoms with van der Waals surface area (Å²) in [6, 6.07) is 0. The van der Waals surface area contributed by atoms with E-state index in [1.807, 2.05) is 20.8 Å². The molecule has 0 saturated carbocycles. The van der Waals surface area contributed by atoms with Crippen LogP contribution in [0.25, 0.3) is 0 Å². The third-order valence-electron chi connectivity index (χ3n) is 1.77. The molecule has 0 atom stereocenters. The number of halogens is 1. The molecule has 0 radical (unpaired) electrons. The first kappa shape index (κ1) is 14.9. The van der Waals surface area contributed by atoms with Crippen LogP contribution in [0.15, 0.2) is 0 Å². The Morgan fingerprint density at radius 3 is 2.27 bits per heavy atom. The molecule has 1 amide bonds. The molecule has 0 N–H and O–H groups in total. The van der Waals surface area contributed by atoms with Crippen LogP contribution in [0.2, 0.25) is 0 Å². The lowest BCUT2D eigenvalue weighted by molar-refractivity contribution is -0.216. The molecule has 0 fully saturated rings. The molecule has 0 unspecified atom stereocenters. The number of carbonyl (C=O) groups is 1. The molecular weight excluding hydrogens is 258 g/mol. The summed E-state index contributed by atoms with van der Waals surface area (Å²) in [7, 11) is 0. The van der Waals surface area contributed by atoms with Crippen molar-refractivity contribution in [3.8, 4) is 0 Å². The van der Waals surface area contributed by atoms with Gasteiger partial charge in [-0.05, 0) is 33.6 Å². The molecule has 0 heterocycles. The molecule has 0 spiro atoms. The van der Waals surface area contributed by atoms with Crippen LogP contribution in [0, 0.1) is 0 Å². The number of unbranched alkanes of at least 4 members (excludes halogenated alkanes) is 3. The lowest BCUT2D eigenvalue weighted by Crippen LogP contribution is -2.33. The van der Waals surface area contributed by atoms with E-state index in [9.17, 15) is 4.79 Å². The van der Waals surface area contributed by atoms with Gasteiger partial charge in [0.1, 0.15) is 0 Å². The van der Waals surface area contributed by atoms with Crippen LogP contribution in [-0.2, 0) is 9.63 Å². The first-order valence-corrected chi connectivity index (χ1v) is 6.59. The second-order valence-corrected chi connectivity index (χ2v) is 5.35. The zero-order chi connectivity index (χ0) is 11.7. The second kappa shape index (κ2) is 8.11. The van der Waals surface area contributed by atoms with Gasteiger partial charge in [0.05, 0.1) is 5.60 Å². The van der Waals surface area contributed by atoms with E-state index >= 15 is 0 Å². The Kier molecular flexibility index (Phi) is 8.06. The molecule has 15 heavy (non-hydrogen) atoms. The first-order valence-electron chi connectivity index (χ1n) is 5.46. The van der Waals surface area contributed by atoms with Crippen molar-refractivity contribution in [2.75, 3.05) is 11.9 Å². The highest BCUT2D eigenvalue weighted by molar-refractivity contribution is 9.09. The number of alkyl halides is 1. The SMILES string of the molecule is CC(C)(C)ON(C=O)CCCCCCBr. The highest BCUT2D eigenvalue weighted by Gasteiger charge is 2.15. The number of hydrogen-bond donors (Lipinski definition) is 0.